The number of nitrogens with one attached hydrogen (secondary N) is 2. The van der Waals surface area contributed by atoms with Crippen molar-refractivity contribution in [2.75, 3.05) is 26.7 Å². The first-order valence-corrected chi connectivity index (χ1v) is 10.0. The maximum atomic E-state index is 5.36. The van der Waals surface area contributed by atoms with Crippen LogP contribution in [0.15, 0.2) is 35.3 Å². The third-order valence-electron chi connectivity index (χ3n) is 4.77. The lowest BCUT2D eigenvalue weighted by atomic mass is 9.85. The van der Waals surface area contributed by atoms with Gasteiger partial charge in [-0.3, -0.25) is 9.67 Å². The van der Waals surface area contributed by atoms with Crippen LogP contribution in [0.3, 0.4) is 0 Å². The molecule has 0 fully saturated rings. The lowest BCUT2D eigenvalue weighted by Gasteiger charge is -2.24. The number of hydrogen-bond acceptors (Lipinski definition) is 3. The van der Waals surface area contributed by atoms with E-state index in [-0.39, 0.29) is 5.41 Å². The van der Waals surface area contributed by atoms with E-state index in [0.717, 1.165) is 43.5 Å². The molecule has 2 N–H and O–H groups in total. The summed E-state index contributed by atoms with van der Waals surface area (Å²) in [6.45, 7) is 13.9. The molecule has 0 amide bonds. The Morgan fingerprint density at radius 3 is 2.64 bits per heavy atom. The van der Waals surface area contributed by atoms with Crippen LogP contribution >= 0.6 is 0 Å². The van der Waals surface area contributed by atoms with E-state index in [1.165, 1.54) is 11.3 Å². The van der Waals surface area contributed by atoms with Gasteiger partial charge >= 0.3 is 0 Å². The van der Waals surface area contributed by atoms with E-state index in [2.05, 4.69) is 66.3 Å². The first kappa shape index (κ1) is 21.8. The van der Waals surface area contributed by atoms with Crippen molar-refractivity contribution in [2.24, 2.45) is 4.99 Å². The molecule has 2 rings (SSSR count). The molecule has 0 aliphatic rings. The molecule has 0 unspecified atom stereocenters. The summed E-state index contributed by atoms with van der Waals surface area (Å²) in [6.07, 6.45) is 0.992. The summed E-state index contributed by atoms with van der Waals surface area (Å²) in [7, 11) is 1.70. The maximum absolute atomic E-state index is 5.36. The Balaban J connectivity index is 1.92. The molecule has 0 saturated carbocycles. The second-order valence-electron chi connectivity index (χ2n) is 7.74. The number of aryl methyl sites for hydroxylation is 3. The highest BCUT2D eigenvalue weighted by molar-refractivity contribution is 5.79. The predicted octanol–water partition coefficient (Wildman–Crippen LogP) is 3.43. The quantitative estimate of drug-likeness (QED) is 0.394. The van der Waals surface area contributed by atoms with Crippen molar-refractivity contribution in [3.8, 4) is 5.75 Å². The maximum Gasteiger partial charge on any atom is 0.191 e. The molecule has 0 atom stereocenters. The number of aromatic nitrogens is 2. The van der Waals surface area contributed by atoms with Crippen LogP contribution < -0.4 is 15.4 Å². The topological polar surface area (TPSA) is 63.5 Å². The molecule has 1 heterocycles. The summed E-state index contributed by atoms with van der Waals surface area (Å²) < 4.78 is 7.42. The van der Waals surface area contributed by atoms with E-state index in [1.54, 1.807) is 7.11 Å². The second-order valence-corrected chi connectivity index (χ2v) is 7.74. The summed E-state index contributed by atoms with van der Waals surface area (Å²) >= 11 is 0. The molecule has 0 radical (unpaired) electrons. The largest absolute Gasteiger partial charge is 0.497 e. The van der Waals surface area contributed by atoms with Crippen molar-refractivity contribution in [2.45, 2.75) is 53.0 Å². The highest BCUT2D eigenvalue weighted by Crippen LogP contribution is 2.26. The van der Waals surface area contributed by atoms with Gasteiger partial charge in [0.25, 0.3) is 0 Å². The first-order valence-electron chi connectivity index (χ1n) is 10.0. The Morgan fingerprint density at radius 2 is 2.00 bits per heavy atom. The molecule has 154 valence electrons. The van der Waals surface area contributed by atoms with Crippen LogP contribution in [-0.2, 0) is 12.0 Å². The van der Waals surface area contributed by atoms with E-state index in [9.17, 15) is 0 Å². The monoisotopic (exact) mass is 385 g/mol. The van der Waals surface area contributed by atoms with Gasteiger partial charge in [0.15, 0.2) is 5.96 Å². The molecule has 6 heteroatoms. The summed E-state index contributed by atoms with van der Waals surface area (Å²) in [4.78, 5) is 4.81. The van der Waals surface area contributed by atoms with Crippen LogP contribution in [0, 0.1) is 13.8 Å². The van der Waals surface area contributed by atoms with Gasteiger partial charge in [-0.05, 0) is 51.0 Å². The third kappa shape index (κ3) is 6.29. The third-order valence-corrected chi connectivity index (χ3v) is 4.77. The molecule has 2 aromatic rings. The van der Waals surface area contributed by atoms with Crippen LogP contribution in [0.2, 0.25) is 0 Å². The highest BCUT2D eigenvalue weighted by atomic mass is 16.5. The van der Waals surface area contributed by atoms with Crippen LogP contribution in [0.5, 0.6) is 5.75 Å². The zero-order chi connectivity index (χ0) is 20.6. The summed E-state index contributed by atoms with van der Waals surface area (Å²) in [6, 6.07) is 10.3. The Hall–Kier alpha value is -2.50. The lowest BCUT2D eigenvalue weighted by molar-refractivity contribution is 0.412. The smallest absolute Gasteiger partial charge is 0.191 e. The predicted molar refractivity (Wildman–Crippen MR) is 116 cm³/mol. The van der Waals surface area contributed by atoms with Gasteiger partial charge in [-0.2, -0.15) is 5.10 Å². The fraction of sp³-hybridized carbons (Fsp3) is 0.545. The fourth-order valence-electron chi connectivity index (χ4n) is 3.09. The molecule has 0 saturated heterocycles. The van der Waals surface area contributed by atoms with Crippen molar-refractivity contribution in [3.05, 3.63) is 47.3 Å². The van der Waals surface area contributed by atoms with Crippen LogP contribution in [0.1, 0.15) is 44.1 Å². The molecular formula is C22H35N5O. The van der Waals surface area contributed by atoms with E-state index < -0.39 is 0 Å². The van der Waals surface area contributed by atoms with E-state index >= 15 is 0 Å². The molecule has 0 bridgehead atoms. The summed E-state index contributed by atoms with van der Waals surface area (Å²) in [5, 5.41) is 11.3. The van der Waals surface area contributed by atoms with Crippen LogP contribution in [0.4, 0.5) is 0 Å². The normalized spacial score (nSPS) is 12.1. The summed E-state index contributed by atoms with van der Waals surface area (Å²) in [5.74, 6) is 1.73. The van der Waals surface area contributed by atoms with Gasteiger partial charge in [0, 0.05) is 30.7 Å². The number of benzene rings is 1. The van der Waals surface area contributed by atoms with Crippen molar-refractivity contribution < 1.29 is 4.74 Å². The van der Waals surface area contributed by atoms with E-state index in [4.69, 9.17) is 9.73 Å². The molecule has 0 aliphatic heterocycles. The highest BCUT2D eigenvalue weighted by Gasteiger charge is 2.21. The first-order chi connectivity index (χ1) is 13.4. The molecule has 1 aromatic heterocycles. The number of nitrogens with zero attached hydrogens (tertiary/aromatic N) is 3. The number of guanidine groups is 1. The average Bonchev–Trinajstić information content (AvgIpc) is 3.00. The standard InChI is InChI=1S/C22H35N5O/c1-7-23-21(24-12-9-13-27-18(3)14-17(2)26-27)25-16-22(4,5)19-10-8-11-20(15-19)28-6/h8,10-11,14-15H,7,9,12-13,16H2,1-6H3,(H2,23,24,25). The van der Waals surface area contributed by atoms with Gasteiger partial charge in [0.1, 0.15) is 5.75 Å². The minimum atomic E-state index is -0.0827. The SMILES string of the molecule is CCNC(=NCC(C)(C)c1cccc(OC)c1)NCCCn1nc(C)cc1C. The van der Waals surface area contributed by atoms with Crippen molar-refractivity contribution in [1.82, 2.24) is 20.4 Å². The summed E-state index contributed by atoms with van der Waals surface area (Å²) in [5.41, 5.74) is 3.41. The van der Waals surface area contributed by atoms with Gasteiger partial charge in [0.2, 0.25) is 0 Å². The van der Waals surface area contributed by atoms with Crippen molar-refractivity contribution in [1.29, 1.82) is 0 Å². The van der Waals surface area contributed by atoms with Gasteiger partial charge in [0.05, 0.1) is 19.3 Å². The van der Waals surface area contributed by atoms with Gasteiger partial charge in [-0.15, -0.1) is 0 Å². The minimum absolute atomic E-state index is 0.0827. The van der Waals surface area contributed by atoms with E-state index in [0.29, 0.717) is 6.54 Å². The second kappa shape index (κ2) is 10.2. The number of aliphatic imine (C=N–C) groups is 1. The molecule has 1 aromatic carbocycles. The number of hydrogen-bond donors (Lipinski definition) is 2. The van der Waals surface area contributed by atoms with Crippen LogP contribution in [0.25, 0.3) is 0 Å². The van der Waals surface area contributed by atoms with Gasteiger partial charge in [-0.25, -0.2) is 0 Å². The van der Waals surface area contributed by atoms with Crippen molar-refractivity contribution >= 4 is 5.96 Å². The molecule has 6 nitrogen and oxygen atoms in total. The molecule has 0 aliphatic carbocycles. The van der Waals surface area contributed by atoms with E-state index in [1.807, 2.05) is 19.1 Å². The molecular weight excluding hydrogens is 350 g/mol. The van der Waals surface area contributed by atoms with Gasteiger partial charge < -0.3 is 15.4 Å². The Kier molecular flexibility index (Phi) is 7.91. The number of rotatable bonds is 9. The molecule has 0 spiro atoms. The Morgan fingerprint density at radius 1 is 1.21 bits per heavy atom. The Bertz CT molecular complexity index is 779. The average molecular weight is 386 g/mol. The van der Waals surface area contributed by atoms with Crippen LogP contribution in [-0.4, -0.2) is 42.5 Å². The fourth-order valence-corrected chi connectivity index (χ4v) is 3.09. The zero-order valence-corrected chi connectivity index (χ0v) is 18.2. The number of methoxy groups -OCH3 is 1. The number of ether oxygens (including phenoxy) is 1. The van der Waals surface area contributed by atoms with Crippen molar-refractivity contribution in [3.63, 3.8) is 0 Å². The lowest BCUT2D eigenvalue weighted by Crippen LogP contribution is -2.39. The zero-order valence-electron chi connectivity index (χ0n) is 18.2. The van der Waals surface area contributed by atoms with Gasteiger partial charge in [-0.1, -0.05) is 26.0 Å². The molecule has 28 heavy (non-hydrogen) atoms. The Labute approximate surface area is 169 Å². The minimum Gasteiger partial charge on any atom is -0.497 e.